The Morgan fingerprint density at radius 3 is 2.67 bits per heavy atom. The van der Waals surface area contributed by atoms with E-state index < -0.39 is 0 Å². The number of nitrogens with two attached hydrogens (primary N) is 1. The first kappa shape index (κ1) is 13.0. The van der Waals surface area contributed by atoms with E-state index in [0.29, 0.717) is 0 Å². The Labute approximate surface area is 95.2 Å². The smallest absolute Gasteiger partial charge is 0.0254 e. The zero-order valence-corrected chi connectivity index (χ0v) is 10.8. The van der Waals surface area contributed by atoms with Crippen LogP contribution in [0.25, 0.3) is 0 Å². The van der Waals surface area contributed by atoms with Gasteiger partial charge in [0.2, 0.25) is 0 Å². The molecule has 90 valence electrons. The van der Waals surface area contributed by atoms with Crippen molar-refractivity contribution >= 4 is 0 Å². The molecule has 1 rings (SSSR count). The third kappa shape index (κ3) is 4.52. The zero-order chi connectivity index (χ0) is 11.3. The summed E-state index contributed by atoms with van der Waals surface area (Å²) in [5.74, 6) is 0.937. The van der Waals surface area contributed by atoms with Crippen LogP contribution in [0.15, 0.2) is 0 Å². The summed E-state index contributed by atoms with van der Waals surface area (Å²) in [7, 11) is 0. The lowest BCUT2D eigenvalue weighted by Gasteiger charge is -2.29. The molecule has 1 aliphatic heterocycles. The molecule has 2 nitrogen and oxygen atoms in total. The molecule has 2 unspecified atom stereocenters. The summed E-state index contributed by atoms with van der Waals surface area (Å²) in [6.07, 6.45) is 6.44. The second-order valence-corrected chi connectivity index (χ2v) is 5.58. The Morgan fingerprint density at radius 1 is 1.33 bits per heavy atom. The molecule has 2 N–H and O–H groups in total. The molecule has 0 spiro atoms. The minimum Gasteiger partial charge on any atom is -0.324 e. The minimum atomic E-state index is 0.0237. The Hall–Kier alpha value is -0.0800. The largest absolute Gasteiger partial charge is 0.324 e. The fourth-order valence-corrected chi connectivity index (χ4v) is 2.86. The van der Waals surface area contributed by atoms with Crippen molar-refractivity contribution in [2.75, 3.05) is 19.6 Å². The maximum Gasteiger partial charge on any atom is 0.0254 e. The highest BCUT2D eigenvalue weighted by Gasteiger charge is 2.27. The molecule has 0 radical (unpaired) electrons. The molecule has 1 aliphatic rings. The quantitative estimate of drug-likeness (QED) is 0.733. The van der Waals surface area contributed by atoms with Crippen LogP contribution >= 0.6 is 0 Å². The summed E-state index contributed by atoms with van der Waals surface area (Å²) in [6.45, 7) is 10.3. The normalized spacial score (nSPS) is 26.8. The van der Waals surface area contributed by atoms with Crippen molar-refractivity contribution < 1.29 is 0 Å². The van der Waals surface area contributed by atoms with E-state index >= 15 is 0 Å². The van der Waals surface area contributed by atoms with E-state index in [4.69, 9.17) is 5.73 Å². The predicted octanol–water partition coefficient (Wildman–Crippen LogP) is 2.63. The molecule has 0 amide bonds. The third-order valence-corrected chi connectivity index (χ3v) is 3.47. The first-order valence-electron chi connectivity index (χ1n) is 6.58. The van der Waals surface area contributed by atoms with Crippen LogP contribution in [0.5, 0.6) is 0 Å². The average molecular weight is 212 g/mol. The molecule has 0 aliphatic carbocycles. The van der Waals surface area contributed by atoms with Gasteiger partial charge in [0.05, 0.1) is 0 Å². The van der Waals surface area contributed by atoms with E-state index in [1.807, 2.05) is 0 Å². The van der Waals surface area contributed by atoms with E-state index in [-0.39, 0.29) is 5.54 Å². The van der Waals surface area contributed by atoms with E-state index in [1.165, 1.54) is 38.8 Å². The van der Waals surface area contributed by atoms with Gasteiger partial charge in [-0.3, -0.25) is 0 Å². The van der Waals surface area contributed by atoms with Crippen LogP contribution in [-0.4, -0.2) is 30.1 Å². The van der Waals surface area contributed by atoms with Crippen molar-refractivity contribution in [1.29, 1.82) is 0 Å². The van der Waals surface area contributed by atoms with Gasteiger partial charge in [0.1, 0.15) is 0 Å². The molecular weight excluding hydrogens is 184 g/mol. The highest BCUT2D eigenvalue weighted by molar-refractivity contribution is 4.86. The van der Waals surface area contributed by atoms with E-state index in [0.717, 1.165) is 18.9 Å². The summed E-state index contributed by atoms with van der Waals surface area (Å²) in [4.78, 5) is 2.57. The van der Waals surface area contributed by atoms with Crippen molar-refractivity contribution in [3.8, 4) is 0 Å². The highest BCUT2D eigenvalue weighted by Crippen LogP contribution is 2.23. The summed E-state index contributed by atoms with van der Waals surface area (Å²) < 4.78 is 0. The molecule has 0 bridgehead atoms. The van der Waals surface area contributed by atoms with E-state index in [2.05, 4.69) is 25.7 Å². The monoisotopic (exact) mass is 212 g/mol. The fourth-order valence-electron chi connectivity index (χ4n) is 2.86. The van der Waals surface area contributed by atoms with Gasteiger partial charge < -0.3 is 10.6 Å². The van der Waals surface area contributed by atoms with Crippen molar-refractivity contribution in [1.82, 2.24) is 4.90 Å². The van der Waals surface area contributed by atoms with Crippen LogP contribution in [0.3, 0.4) is 0 Å². The van der Waals surface area contributed by atoms with Crippen molar-refractivity contribution in [3.05, 3.63) is 0 Å². The van der Waals surface area contributed by atoms with Gasteiger partial charge in [-0.2, -0.15) is 0 Å². The molecule has 0 aromatic rings. The first-order chi connectivity index (χ1) is 7.07. The lowest BCUT2D eigenvalue weighted by atomic mass is 9.97. The molecular formula is C13H28N2. The fraction of sp³-hybridized carbons (Fsp3) is 1.00. The van der Waals surface area contributed by atoms with Gasteiger partial charge in [0.15, 0.2) is 0 Å². The summed E-state index contributed by atoms with van der Waals surface area (Å²) in [5, 5.41) is 0. The lowest BCUT2D eigenvalue weighted by molar-refractivity contribution is 0.239. The number of hydrogen-bond donors (Lipinski definition) is 1. The number of hydrogen-bond acceptors (Lipinski definition) is 2. The second-order valence-electron chi connectivity index (χ2n) is 5.58. The van der Waals surface area contributed by atoms with Gasteiger partial charge in [-0.1, -0.05) is 26.7 Å². The lowest BCUT2D eigenvalue weighted by Crippen LogP contribution is -2.47. The molecule has 0 aromatic heterocycles. The zero-order valence-electron chi connectivity index (χ0n) is 10.8. The van der Waals surface area contributed by atoms with Gasteiger partial charge in [0, 0.05) is 18.6 Å². The van der Waals surface area contributed by atoms with Gasteiger partial charge >= 0.3 is 0 Å². The van der Waals surface area contributed by atoms with Crippen LogP contribution < -0.4 is 5.73 Å². The van der Waals surface area contributed by atoms with Crippen LogP contribution in [-0.2, 0) is 0 Å². The summed E-state index contributed by atoms with van der Waals surface area (Å²) in [6, 6.07) is 0. The van der Waals surface area contributed by atoms with Crippen molar-refractivity contribution in [3.63, 3.8) is 0 Å². The number of nitrogens with zero attached hydrogens (tertiary/aromatic N) is 1. The van der Waals surface area contributed by atoms with E-state index in [9.17, 15) is 0 Å². The highest BCUT2D eigenvalue weighted by atomic mass is 15.2. The molecule has 2 atom stereocenters. The Kier molecular flexibility index (Phi) is 5.07. The second kappa shape index (κ2) is 5.86. The Morgan fingerprint density at radius 2 is 2.07 bits per heavy atom. The van der Waals surface area contributed by atoms with Gasteiger partial charge in [-0.25, -0.2) is 0 Å². The third-order valence-electron chi connectivity index (χ3n) is 3.47. The maximum atomic E-state index is 6.28. The van der Waals surface area contributed by atoms with Crippen molar-refractivity contribution in [2.45, 2.75) is 58.4 Å². The molecule has 1 fully saturated rings. The Bertz CT molecular complexity index is 177. The van der Waals surface area contributed by atoms with Crippen LogP contribution in [0.4, 0.5) is 0 Å². The molecule has 0 saturated carbocycles. The predicted molar refractivity (Wildman–Crippen MR) is 67.0 cm³/mol. The first-order valence-corrected chi connectivity index (χ1v) is 6.58. The Balaban J connectivity index is 2.28. The maximum absolute atomic E-state index is 6.28. The SMILES string of the molecule is CCCC1CCN(CC(C)(N)CCC)C1. The molecule has 2 heteroatoms. The van der Waals surface area contributed by atoms with Crippen LogP contribution in [0, 0.1) is 5.92 Å². The molecule has 1 heterocycles. The summed E-state index contributed by atoms with van der Waals surface area (Å²) in [5.41, 5.74) is 6.31. The average Bonchev–Trinajstić information content (AvgIpc) is 2.52. The standard InChI is InChI=1S/C13H28N2/c1-4-6-12-7-9-15(10-12)11-13(3,14)8-5-2/h12H,4-11,14H2,1-3H3. The number of rotatable bonds is 6. The summed E-state index contributed by atoms with van der Waals surface area (Å²) >= 11 is 0. The van der Waals surface area contributed by atoms with Crippen LogP contribution in [0.1, 0.15) is 52.9 Å². The minimum absolute atomic E-state index is 0.0237. The topological polar surface area (TPSA) is 29.3 Å². The van der Waals surface area contributed by atoms with Gasteiger partial charge in [-0.15, -0.1) is 0 Å². The van der Waals surface area contributed by atoms with E-state index in [1.54, 1.807) is 0 Å². The van der Waals surface area contributed by atoms with Gasteiger partial charge in [-0.05, 0) is 38.6 Å². The molecule has 1 saturated heterocycles. The van der Waals surface area contributed by atoms with Crippen LogP contribution in [0.2, 0.25) is 0 Å². The number of likely N-dealkylation sites (tertiary alicyclic amines) is 1. The van der Waals surface area contributed by atoms with Crippen molar-refractivity contribution in [2.24, 2.45) is 11.7 Å². The molecule has 0 aromatic carbocycles. The van der Waals surface area contributed by atoms with Gasteiger partial charge in [0.25, 0.3) is 0 Å². The molecule has 15 heavy (non-hydrogen) atoms.